The molecule has 0 bridgehead atoms. The first-order valence-electron chi connectivity index (χ1n) is 9.29. The number of pyridine rings is 1. The van der Waals surface area contributed by atoms with Gasteiger partial charge in [0.15, 0.2) is 17.6 Å². The van der Waals surface area contributed by atoms with Crippen LogP contribution in [0.1, 0.15) is 5.56 Å². The number of furan rings is 1. The number of nitrogens with zero attached hydrogens (tertiary/aromatic N) is 1. The third-order valence-corrected chi connectivity index (χ3v) is 5.34. The number of fused-ring (bicyclic) bond motifs is 3. The van der Waals surface area contributed by atoms with Crippen LogP contribution in [0.2, 0.25) is 0 Å². The van der Waals surface area contributed by atoms with Gasteiger partial charge in [-0.25, -0.2) is 8.96 Å². The third-order valence-electron chi connectivity index (χ3n) is 5.34. The maximum Gasteiger partial charge on any atom is 0.212 e. The molecule has 28 heavy (non-hydrogen) atoms. The summed E-state index contributed by atoms with van der Waals surface area (Å²) in [4.78, 5) is 0. The van der Waals surface area contributed by atoms with E-state index < -0.39 is 0 Å². The van der Waals surface area contributed by atoms with Crippen LogP contribution in [0.25, 0.3) is 44.3 Å². The molecular weight excluding hydrogens is 349 g/mol. The lowest BCUT2D eigenvalue weighted by Gasteiger charge is -2.04. The van der Waals surface area contributed by atoms with E-state index in [1.54, 1.807) is 0 Å². The molecule has 3 aromatic carbocycles. The van der Waals surface area contributed by atoms with Crippen molar-refractivity contribution in [3.05, 3.63) is 90.4 Å². The fourth-order valence-corrected chi connectivity index (χ4v) is 3.88. The van der Waals surface area contributed by atoms with Crippen LogP contribution in [0.15, 0.2) is 83.4 Å². The highest BCUT2D eigenvalue weighted by molar-refractivity contribution is 6.07. The minimum atomic E-state index is -0.315. The highest BCUT2D eigenvalue weighted by atomic mass is 19.1. The molecule has 5 aromatic rings. The number of hydrogen-bond acceptors (Lipinski definition) is 1. The monoisotopic (exact) mass is 368 g/mol. The molecule has 0 aliphatic rings. The second-order valence-electron chi connectivity index (χ2n) is 7.13. The van der Waals surface area contributed by atoms with Crippen LogP contribution >= 0.6 is 0 Å². The number of benzene rings is 3. The van der Waals surface area contributed by atoms with E-state index in [1.807, 2.05) is 73.9 Å². The Labute approximate surface area is 162 Å². The summed E-state index contributed by atoms with van der Waals surface area (Å²) in [6.07, 6.45) is 2.02. The van der Waals surface area contributed by atoms with Gasteiger partial charge in [0, 0.05) is 28.5 Å². The first kappa shape index (κ1) is 16.7. The van der Waals surface area contributed by atoms with Crippen molar-refractivity contribution >= 4 is 21.9 Å². The van der Waals surface area contributed by atoms with Gasteiger partial charge in [0.25, 0.3) is 0 Å². The van der Waals surface area contributed by atoms with Crippen molar-refractivity contribution in [1.82, 2.24) is 0 Å². The lowest BCUT2D eigenvalue weighted by molar-refractivity contribution is -0.660. The maximum atomic E-state index is 15.3. The van der Waals surface area contributed by atoms with Crippen LogP contribution in [0.4, 0.5) is 4.39 Å². The molecule has 0 unspecified atom stereocenters. The van der Waals surface area contributed by atoms with Crippen LogP contribution in [0.3, 0.4) is 0 Å². The lowest BCUT2D eigenvalue weighted by atomic mass is 9.99. The van der Waals surface area contributed by atoms with Crippen LogP contribution in [-0.4, -0.2) is 0 Å². The summed E-state index contributed by atoms with van der Waals surface area (Å²) in [6, 6.07) is 23.5. The summed E-state index contributed by atoms with van der Waals surface area (Å²) in [5.41, 5.74) is 5.71. The Kier molecular flexibility index (Phi) is 3.76. The first-order valence-corrected chi connectivity index (χ1v) is 9.29. The van der Waals surface area contributed by atoms with Gasteiger partial charge in [-0.15, -0.1) is 0 Å². The Hall–Kier alpha value is -3.46. The van der Waals surface area contributed by atoms with E-state index >= 15 is 4.39 Å². The highest BCUT2D eigenvalue weighted by Crippen LogP contribution is 2.37. The Balaban J connectivity index is 1.76. The average molecular weight is 368 g/mol. The second-order valence-corrected chi connectivity index (χ2v) is 7.13. The van der Waals surface area contributed by atoms with Crippen molar-refractivity contribution < 1.29 is 13.4 Å². The third kappa shape index (κ3) is 2.51. The molecular formula is C25H19FNO+. The molecule has 136 valence electrons. The zero-order valence-electron chi connectivity index (χ0n) is 15.7. The molecule has 0 atom stereocenters. The molecule has 2 heterocycles. The van der Waals surface area contributed by atoms with E-state index in [1.165, 1.54) is 0 Å². The molecule has 0 fully saturated rings. The Morgan fingerprint density at radius 3 is 2.39 bits per heavy atom. The number of aryl methyl sites for hydroxylation is 2. The molecule has 0 saturated carbocycles. The Morgan fingerprint density at radius 1 is 0.821 bits per heavy atom. The van der Waals surface area contributed by atoms with Gasteiger partial charge >= 0.3 is 0 Å². The minimum absolute atomic E-state index is 0.310. The second kappa shape index (κ2) is 6.31. The molecule has 0 aliphatic carbocycles. The Morgan fingerprint density at radius 2 is 1.61 bits per heavy atom. The molecule has 2 aromatic heterocycles. The van der Waals surface area contributed by atoms with E-state index in [0.29, 0.717) is 16.7 Å². The van der Waals surface area contributed by atoms with Gasteiger partial charge < -0.3 is 4.42 Å². The summed E-state index contributed by atoms with van der Waals surface area (Å²) in [5.74, 6) is -0.315. The van der Waals surface area contributed by atoms with Gasteiger partial charge in [-0.1, -0.05) is 36.4 Å². The molecule has 3 heteroatoms. The summed E-state index contributed by atoms with van der Waals surface area (Å²) in [6.45, 7) is 2.08. The average Bonchev–Trinajstić information content (AvgIpc) is 3.07. The number of rotatable bonds is 2. The molecule has 0 N–H and O–H groups in total. The normalized spacial score (nSPS) is 11.4. The smallest absolute Gasteiger partial charge is 0.212 e. The summed E-state index contributed by atoms with van der Waals surface area (Å²) < 4.78 is 23.4. The van der Waals surface area contributed by atoms with Gasteiger partial charge in [-0.3, -0.25) is 0 Å². The summed E-state index contributed by atoms with van der Waals surface area (Å²) in [7, 11) is 2.02. The van der Waals surface area contributed by atoms with E-state index in [0.717, 1.165) is 33.2 Å². The van der Waals surface area contributed by atoms with Gasteiger partial charge in [0.2, 0.25) is 5.69 Å². The van der Waals surface area contributed by atoms with E-state index in [4.69, 9.17) is 4.42 Å². The molecule has 0 radical (unpaired) electrons. The van der Waals surface area contributed by atoms with E-state index in [-0.39, 0.29) is 5.82 Å². The molecule has 2 nitrogen and oxygen atoms in total. The van der Waals surface area contributed by atoms with Crippen LogP contribution in [0.5, 0.6) is 0 Å². The van der Waals surface area contributed by atoms with Crippen molar-refractivity contribution in [2.75, 3.05) is 0 Å². The number of aromatic nitrogens is 1. The van der Waals surface area contributed by atoms with E-state index in [9.17, 15) is 0 Å². The van der Waals surface area contributed by atoms with Gasteiger partial charge in [-0.05, 0) is 42.3 Å². The maximum absolute atomic E-state index is 15.3. The zero-order valence-corrected chi connectivity index (χ0v) is 15.7. The van der Waals surface area contributed by atoms with Crippen molar-refractivity contribution in [3.8, 4) is 22.4 Å². The molecule has 0 spiro atoms. The predicted octanol–water partition coefficient (Wildman–Crippen LogP) is 6.19. The highest BCUT2D eigenvalue weighted by Gasteiger charge is 2.19. The SMILES string of the molecule is Cc1cc2c(cc1-c1cccc[n+]1C)oc1c(F)c(-c3ccccc3)ccc12. The molecule has 0 aliphatic heterocycles. The Bertz CT molecular complexity index is 1340. The van der Waals surface area contributed by atoms with Crippen LogP contribution < -0.4 is 4.57 Å². The minimum Gasteiger partial charge on any atom is -0.453 e. The molecule has 0 amide bonds. The predicted molar refractivity (Wildman–Crippen MR) is 110 cm³/mol. The van der Waals surface area contributed by atoms with Crippen molar-refractivity contribution in [2.45, 2.75) is 6.92 Å². The van der Waals surface area contributed by atoms with Gasteiger partial charge in [0.1, 0.15) is 12.6 Å². The van der Waals surface area contributed by atoms with Crippen molar-refractivity contribution in [3.63, 3.8) is 0 Å². The lowest BCUT2D eigenvalue weighted by Crippen LogP contribution is -2.30. The van der Waals surface area contributed by atoms with Gasteiger partial charge in [0.05, 0.1) is 5.56 Å². The topological polar surface area (TPSA) is 17.0 Å². The number of halogens is 1. The number of hydrogen-bond donors (Lipinski definition) is 0. The van der Waals surface area contributed by atoms with Crippen molar-refractivity contribution in [2.24, 2.45) is 7.05 Å². The van der Waals surface area contributed by atoms with Crippen molar-refractivity contribution in [1.29, 1.82) is 0 Å². The molecule has 5 rings (SSSR count). The zero-order chi connectivity index (χ0) is 19.3. The van der Waals surface area contributed by atoms with Gasteiger partial charge in [-0.2, -0.15) is 0 Å². The summed E-state index contributed by atoms with van der Waals surface area (Å²) in [5, 5.41) is 1.74. The van der Waals surface area contributed by atoms with E-state index in [2.05, 4.69) is 23.6 Å². The van der Waals surface area contributed by atoms with Crippen LogP contribution in [0, 0.1) is 12.7 Å². The largest absolute Gasteiger partial charge is 0.453 e. The standard InChI is InChI=1S/C25H19FNO/c1-16-14-21-19-12-11-18(17-8-4-3-5-9-17)24(26)25(19)28-23(21)15-20(16)22-10-6-7-13-27(22)2/h3-15H,1-2H3/q+1. The first-order chi connectivity index (χ1) is 13.6. The molecule has 0 saturated heterocycles. The quantitative estimate of drug-likeness (QED) is 0.339. The fourth-order valence-electron chi connectivity index (χ4n) is 3.88. The fraction of sp³-hybridized carbons (Fsp3) is 0.0800. The summed E-state index contributed by atoms with van der Waals surface area (Å²) >= 11 is 0. The van der Waals surface area contributed by atoms with Crippen LogP contribution in [-0.2, 0) is 7.05 Å².